The molecule has 1 nitrogen and oxygen atoms in total. The van der Waals surface area contributed by atoms with Crippen molar-refractivity contribution in [1.82, 2.24) is 5.32 Å². The van der Waals surface area contributed by atoms with E-state index in [2.05, 4.69) is 77.2 Å². The maximum atomic E-state index is 3.66. The van der Waals surface area contributed by atoms with E-state index < -0.39 is 0 Å². The van der Waals surface area contributed by atoms with Crippen LogP contribution in [0.5, 0.6) is 0 Å². The highest BCUT2D eigenvalue weighted by Gasteiger charge is 2.16. The van der Waals surface area contributed by atoms with Crippen LogP contribution in [0.15, 0.2) is 30.3 Å². The molecule has 2 aromatic rings. The van der Waals surface area contributed by atoms with Gasteiger partial charge < -0.3 is 5.32 Å². The van der Waals surface area contributed by atoms with Gasteiger partial charge in [-0.3, -0.25) is 0 Å². The molecule has 2 rings (SSSR count). The summed E-state index contributed by atoms with van der Waals surface area (Å²) in [6.45, 7) is 14.1. The standard InChI is InChI=1S/C20H27N/c1-7-21-20(18-9-13(2)8-14(3)10-18)19-12-16(5)15(4)11-17(19)6/h8-12,20-21H,7H2,1-6H3. The lowest BCUT2D eigenvalue weighted by atomic mass is 9.90. The van der Waals surface area contributed by atoms with Gasteiger partial charge in [0.2, 0.25) is 0 Å². The minimum absolute atomic E-state index is 0.271. The molecule has 0 aliphatic rings. The molecule has 0 heterocycles. The topological polar surface area (TPSA) is 12.0 Å². The zero-order valence-electron chi connectivity index (χ0n) is 14.2. The van der Waals surface area contributed by atoms with Gasteiger partial charge in [-0.15, -0.1) is 0 Å². The predicted molar refractivity (Wildman–Crippen MR) is 92.1 cm³/mol. The molecule has 0 fully saturated rings. The van der Waals surface area contributed by atoms with Gasteiger partial charge in [-0.2, -0.15) is 0 Å². The Hall–Kier alpha value is -1.60. The molecular formula is C20H27N. The molecule has 1 heteroatoms. The number of hydrogen-bond acceptors (Lipinski definition) is 1. The molecule has 0 spiro atoms. The van der Waals surface area contributed by atoms with Gasteiger partial charge in [-0.25, -0.2) is 0 Å². The molecule has 1 atom stereocenters. The molecule has 0 bridgehead atoms. The van der Waals surface area contributed by atoms with Gasteiger partial charge in [0, 0.05) is 0 Å². The first-order valence-electron chi connectivity index (χ1n) is 7.81. The molecule has 112 valence electrons. The van der Waals surface area contributed by atoms with E-state index in [9.17, 15) is 0 Å². The predicted octanol–water partition coefficient (Wildman–Crippen LogP) is 4.93. The Morgan fingerprint density at radius 2 is 1.33 bits per heavy atom. The molecule has 2 aromatic carbocycles. The van der Waals surface area contributed by atoms with Crippen molar-refractivity contribution in [3.05, 3.63) is 69.3 Å². The first-order chi connectivity index (χ1) is 9.92. The summed E-state index contributed by atoms with van der Waals surface area (Å²) >= 11 is 0. The Labute approximate surface area is 129 Å². The summed E-state index contributed by atoms with van der Waals surface area (Å²) < 4.78 is 0. The monoisotopic (exact) mass is 281 g/mol. The van der Waals surface area contributed by atoms with Crippen LogP contribution in [0.3, 0.4) is 0 Å². The normalized spacial score (nSPS) is 12.5. The van der Waals surface area contributed by atoms with E-state index in [4.69, 9.17) is 0 Å². The van der Waals surface area contributed by atoms with Crippen molar-refractivity contribution >= 4 is 0 Å². The Morgan fingerprint density at radius 3 is 1.90 bits per heavy atom. The molecule has 0 amide bonds. The average molecular weight is 281 g/mol. The van der Waals surface area contributed by atoms with Gasteiger partial charge in [0.25, 0.3) is 0 Å². The fourth-order valence-electron chi connectivity index (χ4n) is 3.08. The molecule has 1 unspecified atom stereocenters. The zero-order chi connectivity index (χ0) is 15.6. The highest BCUT2D eigenvalue weighted by molar-refractivity contribution is 5.44. The van der Waals surface area contributed by atoms with Gasteiger partial charge in [-0.1, -0.05) is 48.4 Å². The van der Waals surface area contributed by atoms with Crippen LogP contribution in [0.1, 0.15) is 51.9 Å². The molecule has 0 aromatic heterocycles. The highest BCUT2D eigenvalue weighted by Crippen LogP contribution is 2.28. The quantitative estimate of drug-likeness (QED) is 0.838. The van der Waals surface area contributed by atoms with Gasteiger partial charge in [0.05, 0.1) is 6.04 Å². The van der Waals surface area contributed by atoms with Crippen LogP contribution in [0.2, 0.25) is 0 Å². The number of benzene rings is 2. The fourth-order valence-corrected chi connectivity index (χ4v) is 3.08. The van der Waals surface area contributed by atoms with Crippen LogP contribution < -0.4 is 5.32 Å². The van der Waals surface area contributed by atoms with E-state index in [1.165, 1.54) is 38.9 Å². The van der Waals surface area contributed by atoms with Crippen molar-refractivity contribution in [2.45, 2.75) is 47.6 Å². The lowest BCUT2D eigenvalue weighted by Gasteiger charge is -2.23. The number of aryl methyl sites for hydroxylation is 5. The summed E-state index contributed by atoms with van der Waals surface area (Å²) in [5.74, 6) is 0. The summed E-state index contributed by atoms with van der Waals surface area (Å²) in [7, 11) is 0. The third-order valence-corrected chi connectivity index (χ3v) is 4.18. The molecule has 1 N–H and O–H groups in total. The summed E-state index contributed by atoms with van der Waals surface area (Å²) in [5, 5.41) is 3.66. The molecular weight excluding hydrogens is 254 g/mol. The van der Waals surface area contributed by atoms with Gasteiger partial charge in [-0.05, 0) is 69.0 Å². The first-order valence-corrected chi connectivity index (χ1v) is 7.81. The second kappa shape index (κ2) is 6.44. The van der Waals surface area contributed by atoms with E-state index in [1.807, 2.05) is 0 Å². The Bertz CT molecular complexity index is 620. The van der Waals surface area contributed by atoms with E-state index in [0.717, 1.165) is 6.54 Å². The fraction of sp³-hybridized carbons (Fsp3) is 0.400. The van der Waals surface area contributed by atoms with Crippen LogP contribution >= 0.6 is 0 Å². The number of rotatable bonds is 4. The first kappa shape index (κ1) is 15.8. The van der Waals surface area contributed by atoms with Crippen LogP contribution in [0.4, 0.5) is 0 Å². The maximum absolute atomic E-state index is 3.66. The third-order valence-electron chi connectivity index (χ3n) is 4.18. The molecule has 0 aliphatic heterocycles. The van der Waals surface area contributed by atoms with Crippen molar-refractivity contribution in [3.8, 4) is 0 Å². The van der Waals surface area contributed by atoms with E-state index >= 15 is 0 Å². The third kappa shape index (κ3) is 3.54. The second-order valence-electron chi connectivity index (χ2n) is 6.20. The summed E-state index contributed by atoms with van der Waals surface area (Å²) in [6, 6.07) is 11.8. The smallest absolute Gasteiger partial charge is 0.0579 e. The Morgan fingerprint density at radius 1 is 0.762 bits per heavy atom. The maximum Gasteiger partial charge on any atom is 0.0579 e. The molecule has 21 heavy (non-hydrogen) atoms. The summed E-state index contributed by atoms with van der Waals surface area (Å²) in [4.78, 5) is 0. The van der Waals surface area contributed by atoms with E-state index in [0.29, 0.717) is 0 Å². The van der Waals surface area contributed by atoms with Crippen molar-refractivity contribution in [3.63, 3.8) is 0 Å². The van der Waals surface area contributed by atoms with Crippen LogP contribution in [-0.2, 0) is 0 Å². The van der Waals surface area contributed by atoms with E-state index in [-0.39, 0.29) is 6.04 Å². The van der Waals surface area contributed by atoms with Crippen LogP contribution in [0.25, 0.3) is 0 Å². The van der Waals surface area contributed by atoms with Crippen molar-refractivity contribution in [1.29, 1.82) is 0 Å². The van der Waals surface area contributed by atoms with Gasteiger partial charge >= 0.3 is 0 Å². The second-order valence-corrected chi connectivity index (χ2v) is 6.20. The van der Waals surface area contributed by atoms with Crippen LogP contribution in [-0.4, -0.2) is 6.54 Å². The molecule has 0 saturated heterocycles. The molecule has 0 saturated carbocycles. The molecule has 0 aliphatic carbocycles. The van der Waals surface area contributed by atoms with Crippen molar-refractivity contribution < 1.29 is 0 Å². The van der Waals surface area contributed by atoms with Crippen molar-refractivity contribution in [2.24, 2.45) is 0 Å². The Balaban J connectivity index is 2.55. The number of hydrogen-bond donors (Lipinski definition) is 1. The Kier molecular flexibility index (Phi) is 4.84. The van der Waals surface area contributed by atoms with Gasteiger partial charge in [0.15, 0.2) is 0 Å². The summed E-state index contributed by atoms with van der Waals surface area (Å²) in [6.07, 6.45) is 0. The van der Waals surface area contributed by atoms with Crippen molar-refractivity contribution in [2.75, 3.05) is 6.54 Å². The minimum atomic E-state index is 0.271. The zero-order valence-corrected chi connectivity index (χ0v) is 14.2. The average Bonchev–Trinajstić information content (AvgIpc) is 2.39. The lowest BCUT2D eigenvalue weighted by Crippen LogP contribution is -2.23. The highest BCUT2D eigenvalue weighted by atomic mass is 14.9. The minimum Gasteiger partial charge on any atom is -0.307 e. The SMILES string of the molecule is CCNC(c1cc(C)cc(C)c1)c1cc(C)c(C)cc1C. The lowest BCUT2D eigenvalue weighted by molar-refractivity contribution is 0.626. The van der Waals surface area contributed by atoms with E-state index in [1.54, 1.807) is 0 Å². The largest absolute Gasteiger partial charge is 0.307 e. The molecule has 0 radical (unpaired) electrons. The summed E-state index contributed by atoms with van der Waals surface area (Å²) in [5.41, 5.74) is 9.51. The van der Waals surface area contributed by atoms with Crippen LogP contribution in [0, 0.1) is 34.6 Å². The number of nitrogens with one attached hydrogen (secondary N) is 1. The van der Waals surface area contributed by atoms with Gasteiger partial charge in [0.1, 0.15) is 0 Å².